The van der Waals surface area contributed by atoms with Crippen molar-refractivity contribution in [3.05, 3.63) is 65.0 Å². The lowest BCUT2D eigenvalue weighted by Gasteiger charge is -2.22. The highest BCUT2D eigenvalue weighted by atomic mass is 19.1. The lowest BCUT2D eigenvalue weighted by molar-refractivity contribution is 0.396. The molecule has 0 spiro atoms. The van der Waals surface area contributed by atoms with Crippen molar-refractivity contribution in [3.63, 3.8) is 0 Å². The van der Waals surface area contributed by atoms with Crippen molar-refractivity contribution in [1.29, 1.82) is 0 Å². The molecule has 0 amide bonds. The number of aryl methyl sites for hydroxylation is 1. The average molecular weight is 287 g/mol. The highest BCUT2D eigenvalue weighted by molar-refractivity contribution is 5.39. The first-order valence-corrected chi connectivity index (χ1v) is 7.17. The van der Waals surface area contributed by atoms with E-state index in [0.717, 1.165) is 16.9 Å². The molecule has 2 atom stereocenters. The summed E-state index contributed by atoms with van der Waals surface area (Å²) in [7, 11) is 1.69. The van der Waals surface area contributed by atoms with Gasteiger partial charge in [0, 0.05) is 17.6 Å². The summed E-state index contributed by atoms with van der Waals surface area (Å²) in [5.74, 6) is 0.681. The van der Waals surface area contributed by atoms with E-state index in [9.17, 15) is 4.39 Å². The maximum absolute atomic E-state index is 13.0. The molecule has 2 aromatic rings. The maximum Gasteiger partial charge on any atom is 0.123 e. The Morgan fingerprint density at radius 1 is 1.00 bits per heavy atom. The summed E-state index contributed by atoms with van der Waals surface area (Å²) in [5.41, 5.74) is 3.36. The van der Waals surface area contributed by atoms with E-state index in [0.29, 0.717) is 0 Å². The molecule has 2 rings (SSSR count). The summed E-state index contributed by atoms with van der Waals surface area (Å²) in [6.07, 6.45) is 0. The summed E-state index contributed by atoms with van der Waals surface area (Å²) in [6, 6.07) is 13.1. The van der Waals surface area contributed by atoms with Gasteiger partial charge in [0.15, 0.2) is 0 Å². The molecule has 0 aliphatic rings. The van der Waals surface area contributed by atoms with Crippen molar-refractivity contribution in [2.75, 3.05) is 7.11 Å². The topological polar surface area (TPSA) is 21.3 Å². The van der Waals surface area contributed by atoms with Crippen LogP contribution in [0, 0.1) is 12.7 Å². The third-order valence-corrected chi connectivity index (χ3v) is 3.73. The van der Waals surface area contributed by atoms with Gasteiger partial charge in [0.1, 0.15) is 11.6 Å². The van der Waals surface area contributed by atoms with Crippen LogP contribution in [0.1, 0.15) is 42.6 Å². The molecule has 0 radical (unpaired) electrons. The second-order valence-corrected chi connectivity index (χ2v) is 5.41. The first-order valence-electron chi connectivity index (χ1n) is 7.17. The van der Waals surface area contributed by atoms with Gasteiger partial charge >= 0.3 is 0 Å². The van der Waals surface area contributed by atoms with Crippen LogP contribution in [0.4, 0.5) is 4.39 Å². The molecular weight excluding hydrogens is 265 g/mol. The van der Waals surface area contributed by atoms with E-state index in [2.05, 4.69) is 31.3 Å². The number of ether oxygens (including phenoxy) is 1. The van der Waals surface area contributed by atoms with Crippen molar-refractivity contribution < 1.29 is 9.13 Å². The van der Waals surface area contributed by atoms with E-state index in [4.69, 9.17) is 4.74 Å². The predicted molar refractivity (Wildman–Crippen MR) is 84.1 cm³/mol. The number of halogens is 1. The Bertz CT molecular complexity index is 595. The largest absolute Gasteiger partial charge is 0.496 e. The predicted octanol–water partition coefficient (Wildman–Crippen LogP) is 4.55. The van der Waals surface area contributed by atoms with E-state index in [1.54, 1.807) is 7.11 Å². The molecule has 1 unspecified atom stereocenters. The molecule has 0 saturated carbocycles. The van der Waals surface area contributed by atoms with E-state index in [1.165, 1.54) is 17.7 Å². The van der Waals surface area contributed by atoms with Crippen LogP contribution in [-0.4, -0.2) is 7.11 Å². The van der Waals surface area contributed by atoms with Gasteiger partial charge in [0.05, 0.1) is 7.11 Å². The number of hydrogen-bond donors (Lipinski definition) is 1. The molecule has 21 heavy (non-hydrogen) atoms. The van der Waals surface area contributed by atoms with Gasteiger partial charge in [-0.25, -0.2) is 4.39 Å². The maximum atomic E-state index is 13.0. The lowest BCUT2D eigenvalue weighted by atomic mass is 10.0. The van der Waals surface area contributed by atoms with Gasteiger partial charge in [0.2, 0.25) is 0 Å². The van der Waals surface area contributed by atoms with Crippen LogP contribution in [0.2, 0.25) is 0 Å². The molecule has 0 fully saturated rings. The van der Waals surface area contributed by atoms with Crippen molar-refractivity contribution >= 4 is 0 Å². The molecule has 0 bridgehead atoms. The molecular formula is C18H22FNO. The minimum atomic E-state index is -0.209. The quantitative estimate of drug-likeness (QED) is 0.870. The van der Waals surface area contributed by atoms with Gasteiger partial charge in [-0.05, 0) is 50.1 Å². The first-order chi connectivity index (χ1) is 10.0. The fourth-order valence-corrected chi connectivity index (χ4v) is 2.49. The molecule has 0 aliphatic carbocycles. The standard InChI is InChI=1S/C18H22FNO/c1-12-5-10-17(18(11-12)21-4)14(3)20-13(2)15-6-8-16(19)9-7-15/h5-11,13-14,20H,1-4H3/t13-,14?/m1/s1. The molecule has 2 nitrogen and oxygen atoms in total. The van der Waals surface area contributed by atoms with Crippen LogP contribution in [0.3, 0.4) is 0 Å². The van der Waals surface area contributed by atoms with Gasteiger partial charge in [-0.2, -0.15) is 0 Å². The van der Waals surface area contributed by atoms with E-state index in [1.807, 2.05) is 25.1 Å². The Morgan fingerprint density at radius 2 is 1.67 bits per heavy atom. The molecule has 0 saturated heterocycles. The minimum Gasteiger partial charge on any atom is -0.496 e. The summed E-state index contributed by atoms with van der Waals surface area (Å²) in [5, 5.41) is 3.52. The van der Waals surface area contributed by atoms with Crippen LogP contribution >= 0.6 is 0 Å². The van der Waals surface area contributed by atoms with Crippen LogP contribution in [0.25, 0.3) is 0 Å². The molecule has 0 aliphatic heterocycles. The summed E-state index contributed by atoms with van der Waals surface area (Å²) < 4.78 is 18.4. The second kappa shape index (κ2) is 6.72. The Kier molecular flexibility index (Phi) is 4.97. The molecule has 0 aromatic heterocycles. The summed E-state index contributed by atoms with van der Waals surface area (Å²) in [4.78, 5) is 0. The molecule has 1 N–H and O–H groups in total. The van der Waals surface area contributed by atoms with Crippen molar-refractivity contribution in [1.82, 2.24) is 5.32 Å². The molecule has 2 aromatic carbocycles. The average Bonchev–Trinajstić information content (AvgIpc) is 2.47. The molecule has 112 valence electrons. The number of benzene rings is 2. The summed E-state index contributed by atoms with van der Waals surface area (Å²) >= 11 is 0. The fraction of sp³-hybridized carbons (Fsp3) is 0.333. The Morgan fingerprint density at radius 3 is 2.29 bits per heavy atom. The van der Waals surface area contributed by atoms with Crippen molar-refractivity contribution in [3.8, 4) is 5.75 Å². The fourth-order valence-electron chi connectivity index (χ4n) is 2.49. The third-order valence-electron chi connectivity index (χ3n) is 3.73. The Hall–Kier alpha value is -1.87. The number of rotatable bonds is 5. The number of hydrogen-bond acceptors (Lipinski definition) is 2. The van der Waals surface area contributed by atoms with Crippen LogP contribution in [-0.2, 0) is 0 Å². The second-order valence-electron chi connectivity index (χ2n) is 5.41. The van der Waals surface area contributed by atoms with Crippen LogP contribution < -0.4 is 10.1 Å². The van der Waals surface area contributed by atoms with Crippen LogP contribution in [0.5, 0.6) is 5.75 Å². The minimum absolute atomic E-state index is 0.131. The third kappa shape index (κ3) is 3.82. The number of methoxy groups -OCH3 is 1. The van der Waals surface area contributed by atoms with Gasteiger partial charge in [0.25, 0.3) is 0 Å². The van der Waals surface area contributed by atoms with E-state index in [-0.39, 0.29) is 17.9 Å². The molecule has 3 heteroatoms. The summed E-state index contributed by atoms with van der Waals surface area (Å²) in [6.45, 7) is 6.23. The lowest BCUT2D eigenvalue weighted by Crippen LogP contribution is -2.23. The molecule has 0 heterocycles. The van der Waals surface area contributed by atoms with Gasteiger partial charge in [-0.1, -0.05) is 24.3 Å². The highest BCUT2D eigenvalue weighted by Crippen LogP contribution is 2.28. The smallest absolute Gasteiger partial charge is 0.123 e. The first kappa shape index (κ1) is 15.5. The van der Waals surface area contributed by atoms with Gasteiger partial charge < -0.3 is 10.1 Å². The zero-order chi connectivity index (χ0) is 15.4. The monoisotopic (exact) mass is 287 g/mol. The van der Waals surface area contributed by atoms with E-state index >= 15 is 0 Å². The zero-order valence-corrected chi connectivity index (χ0v) is 13.0. The van der Waals surface area contributed by atoms with Crippen molar-refractivity contribution in [2.45, 2.75) is 32.9 Å². The zero-order valence-electron chi connectivity index (χ0n) is 13.0. The van der Waals surface area contributed by atoms with E-state index < -0.39 is 0 Å². The van der Waals surface area contributed by atoms with Crippen molar-refractivity contribution in [2.24, 2.45) is 0 Å². The normalized spacial score (nSPS) is 13.8. The Labute approximate surface area is 126 Å². The van der Waals surface area contributed by atoms with Gasteiger partial charge in [-0.3, -0.25) is 0 Å². The highest BCUT2D eigenvalue weighted by Gasteiger charge is 2.15. The SMILES string of the molecule is COc1cc(C)ccc1C(C)N[C@H](C)c1ccc(F)cc1. The van der Waals surface area contributed by atoms with Gasteiger partial charge in [-0.15, -0.1) is 0 Å². The number of nitrogens with one attached hydrogen (secondary N) is 1. The van der Waals surface area contributed by atoms with Crippen LogP contribution in [0.15, 0.2) is 42.5 Å². The Balaban J connectivity index is 2.13.